The van der Waals surface area contributed by atoms with Crippen LogP contribution in [0.25, 0.3) is 22.3 Å². The molecular formula is C33H27N. The Balaban J connectivity index is 1.38. The Hall–Kier alpha value is -4.10. The second kappa shape index (κ2) is 8.35. The molecule has 0 fully saturated rings. The number of anilines is 3. The summed E-state index contributed by atoms with van der Waals surface area (Å²) in [5, 5.41) is 0. The average molecular weight is 438 g/mol. The molecule has 0 unspecified atom stereocenters. The van der Waals surface area contributed by atoms with Crippen molar-refractivity contribution in [1.82, 2.24) is 0 Å². The van der Waals surface area contributed by atoms with E-state index in [1.165, 1.54) is 44.5 Å². The minimum atomic E-state index is 1.03. The van der Waals surface area contributed by atoms with Crippen LogP contribution in [0.5, 0.6) is 0 Å². The smallest absolute Gasteiger partial charge is 0.0462 e. The van der Waals surface area contributed by atoms with E-state index in [2.05, 4.69) is 134 Å². The van der Waals surface area contributed by atoms with Crippen LogP contribution in [0.15, 0.2) is 115 Å². The quantitative estimate of drug-likeness (QED) is 0.266. The van der Waals surface area contributed by atoms with E-state index in [4.69, 9.17) is 0 Å². The summed E-state index contributed by atoms with van der Waals surface area (Å²) in [6.07, 6.45) is 1.03. The lowest BCUT2D eigenvalue weighted by Crippen LogP contribution is -2.09. The summed E-state index contributed by atoms with van der Waals surface area (Å²) in [6.45, 7) is 4.26. The maximum atomic E-state index is 2.36. The van der Waals surface area contributed by atoms with Crippen molar-refractivity contribution in [2.75, 3.05) is 4.90 Å². The number of rotatable bonds is 4. The molecule has 164 valence electrons. The highest BCUT2D eigenvalue weighted by Gasteiger charge is 2.18. The fourth-order valence-electron chi connectivity index (χ4n) is 4.94. The normalized spacial score (nSPS) is 11.7. The molecule has 0 amide bonds. The summed E-state index contributed by atoms with van der Waals surface area (Å²) < 4.78 is 0. The minimum absolute atomic E-state index is 1.03. The Kier molecular flexibility index (Phi) is 5.04. The highest BCUT2D eigenvalue weighted by Crippen LogP contribution is 2.40. The summed E-state index contributed by atoms with van der Waals surface area (Å²) in [7, 11) is 0. The van der Waals surface area contributed by atoms with Crippen LogP contribution in [-0.4, -0.2) is 0 Å². The third-order valence-corrected chi connectivity index (χ3v) is 6.84. The third kappa shape index (κ3) is 3.70. The van der Waals surface area contributed by atoms with E-state index in [1.54, 1.807) is 0 Å². The lowest BCUT2D eigenvalue weighted by atomic mass is 9.98. The van der Waals surface area contributed by atoms with E-state index >= 15 is 0 Å². The van der Waals surface area contributed by atoms with Crippen molar-refractivity contribution in [2.45, 2.75) is 20.3 Å². The molecule has 0 N–H and O–H groups in total. The SMILES string of the molecule is Cc1ccc(N(c2ccc(C)cc2)c2ccc(-c3ccc4c(c3)-c3ccccc3C4)cc2)cc1. The maximum Gasteiger partial charge on any atom is 0.0462 e. The molecule has 0 saturated heterocycles. The van der Waals surface area contributed by atoms with Gasteiger partial charge in [0.05, 0.1) is 0 Å². The van der Waals surface area contributed by atoms with Crippen molar-refractivity contribution in [3.63, 3.8) is 0 Å². The first kappa shape index (κ1) is 20.5. The van der Waals surface area contributed by atoms with Crippen molar-refractivity contribution in [3.05, 3.63) is 138 Å². The number of hydrogen-bond donors (Lipinski definition) is 0. The molecule has 1 aliphatic carbocycles. The predicted octanol–water partition coefficient (Wildman–Crippen LogP) is 9.01. The number of aryl methyl sites for hydroxylation is 2. The van der Waals surface area contributed by atoms with E-state index < -0.39 is 0 Å². The Morgan fingerprint density at radius 2 is 0.971 bits per heavy atom. The third-order valence-electron chi connectivity index (χ3n) is 6.84. The molecular weight excluding hydrogens is 410 g/mol. The molecule has 0 spiro atoms. The van der Waals surface area contributed by atoms with Gasteiger partial charge in [-0.15, -0.1) is 0 Å². The first-order valence-corrected chi connectivity index (χ1v) is 11.9. The highest BCUT2D eigenvalue weighted by molar-refractivity contribution is 5.83. The van der Waals surface area contributed by atoms with Gasteiger partial charge in [0.2, 0.25) is 0 Å². The first-order chi connectivity index (χ1) is 16.7. The standard InChI is InChI=1S/C33H27N/c1-23-7-15-29(16-8-23)34(30-17-9-24(2)10-18-30)31-19-13-25(14-20-31)26-11-12-28-21-27-5-3-4-6-32(27)33(28)22-26/h3-20,22H,21H2,1-2H3. The molecule has 6 rings (SSSR count). The topological polar surface area (TPSA) is 3.24 Å². The van der Waals surface area contributed by atoms with Gasteiger partial charge >= 0.3 is 0 Å². The van der Waals surface area contributed by atoms with Crippen LogP contribution in [0.4, 0.5) is 17.1 Å². The fourth-order valence-corrected chi connectivity index (χ4v) is 4.94. The lowest BCUT2D eigenvalue weighted by molar-refractivity contribution is 1.26. The van der Waals surface area contributed by atoms with Crippen LogP contribution in [0, 0.1) is 13.8 Å². The summed E-state index contributed by atoms with van der Waals surface area (Å²) in [5.41, 5.74) is 14.1. The second-order valence-corrected chi connectivity index (χ2v) is 9.26. The molecule has 0 heterocycles. The molecule has 0 saturated carbocycles. The van der Waals surface area contributed by atoms with Gasteiger partial charge in [0.25, 0.3) is 0 Å². The summed E-state index contributed by atoms with van der Waals surface area (Å²) in [6, 6.07) is 42.1. The van der Waals surface area contributed by atoms with Crippen molar-refractivity contribution in [2.24, 2.45) is 0 Å². The zero-order chi connectivity index (χ0) is 23.1. The molecule has 5 aromatic carbocycles. The van der Waals surface area contributed by atoms with Gasteiger partial charge in [-0.05, 0) is 96.1 Å². The van der Waals surface area contributed by atoms with Gasteiger partial charge in [0.15, 0.2) is 0 Å². The van der Waals surface area contributed by atoms with Crippen LogP contribution in [0.2, 0.25) is 0 Å². The van der Waals surface area contributed by atoms with Crippen molar-refractivity contribution in [3.8, 4) is 22.3 Å². The zero-order valence-corrected chi connectivity index (χ0v) is 19.6. The molecule has 1 nitrogen and oxygen atoms in total. The molecule has 0 aromatic heterocycles. The minimum Gasteiger partial charge on any atom is -0.311 e. The first-order valence-electron chi connectivity index (χ1n) is 11.9. The monoisotopic (exact) mass is 437 g/mol. The Morgan fingerprint density at radius 1 is 0.471 bits per heavy atom. The number of nitrogens with zero attached hydrogens (tertiary/aromatic N) is 1. The number of fused-ring (bicyclic) bond motifs is 3. The van der Waals surface area contributed by atoms with Crippen molar-refractivity contribution in [1.29, 1.82) is 0 Å². The molecule has 0 bridgehead atoms. The molecule has 0 atom stereocenters. The Morgan fingerprint density at radius 3 is 1.59 bits per heavy atom. The largest absolute Gasteiger partial charge is 0.311 e. The molecule has 5 aromatic rings. The van der Waals surface area contributed by atoms with Gasteiger partial charge in [-0.1, -0.05) is 83.9 Å². The average Bonchev–Trinajstić information content (AvgIpc) is 3.25. The van der Waals surface area contributed by atoms with Crippen molar-refractivity contribution < 1.29 is 0 Å². The maximum absolute atomic E-state index is 2.36. The number of benzene rings is 5. The molecule has 34 heavy (non-hydrogen) atoms. The zero-order valence-electron chi connectivity index (χ0n) is 19.6. The second-order valence-electron chi connectivity index (χ2n) is 9.26. The summed E-state index contributed by atoms with van der Waals surface area (Å²) in [5.74, 6) is 0. The van der Waals surface area contributed by atoms with Gasteiger partial charge in [0, 0.05) is 17.1 Å². The van der Waals surface area contributed by atoms with Gasteiger partial charge in [-0.25, -0.2) is 0 Å². The van der Waals surface area contributed by atoms with Crippen LogP contribution >= 0.6 is 0 Å². The predicted molar refractivity (Wildman–Crippen MR) is 144 cm³/mol. The molecule has 0 aliphatic heterocycles. The van der Waals surface area contributed by atoms with Crippen LogP contribution < -0.4 is 4.90 Å². The fraction of sp³-hybridized carbons (Fsp3) is 0.0909. The molecule has 1 aliphatic rings. The van der Waals surface area contributed by atoms with Crippen LogP contribution in [0.3, 0.4) is 0 Å². The highest BCUT2D eigenvalue weighted by atomic mass is 15.1. The van der Waals surface area contributed by atoms with E-state index in [9.17, 15) is 0 Å². The lowest BCUT2D eigenvalue weighted by Gasteiger charge is -2.26. The van der Waals surface area contributed by atoms with Gasteiger partial charge < -0.3 is 4.90 Å². The number of hydrogen-bond acceptors (Lipinski definition) is 1. The van der Waals surface area contributed by atoms with Crippen LogP contribution in [-0.2, 0) is 6.42 Å². The van der Waals surface area contributed by atoms with E-state index in [0.29, 0.717) is 0 Å². The van der Waals surface area contributed by atoms with E-state index in [0.717, 1.165) is 23.5 Å². The summed E-state index contributed by atoms with van der Waals surface area (Å²) >= 11 is 0. The Bertz CT molecular complexity index is 1410. The van der Waals surface area contributed by atoms with Crippen molar-refractivity contribution >= 4 is 17.1 Å². The van der Waals surface area contributed by atoms with Crippen LogP contribution in [0.1, 0.15) is 22.3 Å². The van der Waals surface area contributed by atoms with Gasteiger partial charge in [0.1, 0.15) is 0 Å². The summed E-state index contributed by atoms with van der Waals surface area (Å²) in [4.78, 5) is 2.32. The molecule has 0 radical (unpaired) electrons. The van der Waals surface area contributed by atoms with E-state index in [1.807, 2.05) is 0 Å². The van der Waals surface area contributed by atoms with E-state index in [-0.39, 0.29) is 0 Å². The Labute approximate surface area is 202 Å². The van der Waals surface area contributed by atoms with Gasteiger partial charge in [-0.2, -0.15) is 0 Å². The van der Waals surface area contributed by atoms with Gasteiger partial charge in [-0.3, -0.25) is 0 Å². The molecule has 1 heteroatoms.